The first-order valence-electron chi connectivity index (χ1n) is 5.45. The van der Waals surface area contributed by atoms with Crippen LogP contribution in [0.1, 0.15) is 11.1 Å². The lowest BCUT2D eigenvalue weighted by Crippen LogP contribution is -1.98. The first-order valence-corrected chi connectivity index (χ1v) is 6.81. The summed E-state index contributed by atoms with van der Waals surface area (Å²) in [6, 6.07) is 16.3. The molecule has 2 rings (SSSR count). The van der Waals surface area contributed by atoms with Gasteiger partial charge in [-0.05, 0) is 29.3 Å². The molecule has 0 radical (unpaired) electrons. The summed E-state index contributed by atoms with van der Waals surface area (Å²) in [5.74, 6) is 0.954. The fraction of sp³-hybridized carbons (Fsp3) is 0.143. The summed E-state index contributed by atoms with van der Waals surface area (Å²) in [5, 5.41) is 0.745. The molecule has 2 aromatic carbocycles. The molecule has 0 aliphatic rings. The third kappa shape index (κ3) is 3.50. The summed E-state index contributed by atoms with van der Waals surface area (Å²) in [4.78, 5) is 1.21. The Kier molecular flexibility index (Phi) is 4.49. The average molecular weight is 264 g/mol. The number of hydrogen-bond acceptors (Lipinski definition) is 2. The Bertz CT molecular complexity index is 485. The van der Waals surface area contributed by atoms with Crippen LogP contribution in [0.5, 0.6) is 0 Å². The highest BCUT2D eigenvalue weighted by atomic mass is 35.5. The van der Waals surface area contributed by atoms with Crippen molar-refractivity contribution in [2.75, 3.05) is 0 Å². The molecule has 1 nitrogen and oxygen atoms in total. The highest BCUT2D eigenvalue weighted by Gasteiger charge is 2.03. The van der Waals surface area contributed by atoms with Gasteiger partial charge >= 0.3 is 0 Å². The number of rotatable bonds is 4. The van der Waals surface area contributed by atoms with Crippen LogP contribution in [0.4, 0.5) is 0 Å². The van der Waals surface area contributed by atoms with Gasteiger partial charge in [0, 0.05) is 22.2 Å². The molecule has 17 heavy (non-hydrogen) atoms. The quantitative estimate of drug-likeness (QED) is 0.841. The fourth-order valence-electron chi connectivity index (χ4n) is 1.58. The largest absolute Gasteiger partial charge is 0.326 e. The topological polar surface area (TPSA) is 26.0 Å². The number of halogens is 1. The summed E-state index contributed by atoms with van der Waals surface area (Å²) in [5.41, 5.74) is 8.14. The van der Waals surface area contributed by atoms with E-state index >= 15 is 0 Å². The number of nitrogens with two attached hydrogens (primary N) is 1. The lowest BCUT2D eigenvalue weighted by atomic mass is 10.2. The Hall–Kier alpha value is -0.960. The molecule has 0 saturated carbocycles. The molecule has 0 unspecified atom stereocenters. The van der Waals surface area contributed by atoms with E-state index < -0.39 is 0 Å². The van der Waals surface area contributed by atoms with Gasteiger partial charge in [-0.25, -0.2) is 0 Å². The zero-order valence-electron chi connectivity index (χ0n) is 9.40. The van der Waals surface area contributed by atoms with Gasteiger partial charge in [0.15, 0.2) is 0 Å². The standard InChI is InChI=1S/C14H14ClNS/c15-13-6-7-14(12(8-13)9-16)17-10-11-4-2-1-3-5-11/h1-8H,9-10,16H2. The summed E-state index contributed by atoms with van der Waals surface area (Å²) in [6.07, 6.45) is 0. The summed E-state index contributed by atoms with van der Waals surface area (Å²) in [6.45, 7) is 0.525. The van der Waals surface area contributed by atoms with Crippen molar-refractivity contribution in [3.8, 4) is 0 Å². The van der Waals surface area contributed by atoms with Gasteiger partial charge in [0.1, 0.15) is 0 Å². The Morgan fingerprint density at radius 1 is 1.06 bits per heavy atom. The van der Waals surface area contributed by atoms with Crippen LogP contribution in [-0.2, 0) is 12.3 Å². The molecule has 2 aromatic rings. The summed E-state index contributed by atoms with van der Waals surface area (Å²) in [7, 11) is 0. The molecule has 0 aromatic heterocycles. The highest BCUT2D eigenvalue weighted by Crippen LogP contribution is 2.28. The minimum absolute atomic E-state index is 0.525. The smallest absolute Gasteiger partial charge is 0.0410 e. The second-order valence-electron chi connectivity index (χ2n) is 3.73. The van der Waals surface area contributed by atoms with E-state index in [1.807, 2.05) is 24.3 Å². The molecular formula is C14H14ClNS. The van der Waals surface area contributed by atoms with Crippen LogP contribution in [0, 0.1) is 0 Å². The van der Waals surface area contributed by atoms with E-state index in [1.54, 1.807) is 11.8 Å². The molecule has 0 fully saturated rings. The minimum atomic E-state index is 0.525. The maximum Gasteiger partial charge on any atom is 0.0410 e. The van der Waals surface area contributed by atoms with Crippen molar-refractivity contribution in [3.63, 3.8) is 0 Å². The maximum atomic E-state index is 5.95. The van der Waals surface area contributed by atoms with Crippen molar-refractivity contribution in [1.29, 1.82) is 0 Å². The maximum absolute atomic E-state index is 5.95. The van der Waals surface area contributed by atoms with Gasteiger partial charge in [-0.2, -0.15) is 0 Å². The number of benzene rings is 2. The molecular weight excluding hydrogens is 250 g/mol. The number of hydrogen-bond donors (Lipinski definition) is 1. The molecule has 0 atom stereocenters. The van der Waals surface area contributed by atoms with E-state index in [1.165, 1.54) is 10.5 Å². The van der Waals surface area contributed by atoms with Gasteiger partial charge in [0.2, 0.25) is 0 Å². The summed E-state index contributed by atoms with van der Waals surface area (Å²) < 4.78 is 0. The van der Waals surface area contributed by atoms with Crippen LogP contribution in [0.3, 0.4) is 0 Å². The lowest BCUT2D eigenvalue weighted by molar-refractivity contribution is 1.03. The molecule has 0 saturated heterocycles. The highest BCUT2D eigenvalue weighted by molar-refractivity contribution is 7.98. The van der Waals surface area contributed by atoms with Crippen molar-refractivity contribution in [2.45, 2.75) is 17.2 Å². The predicted molar refractivity (Wildman–Crippen MR) is 75.3 cm³/mol. The SMILES string of the molecule is NCc1cc(Cl)ccc1SCc1ccccc1. The van der Waals surface area contributed by atoms with E-state index in [-0.39, 0.29) is 0 Å². The van der Waals surface area contributed by atoms with Crippen molar-refractivity contribution >= 4 is 23.4 Å². The van der Waals surface area contributed by atoms with Crippen LogP contribution in [0.25, 0.3) is 0 Å². The third-order valence-electron chi connectivity index (χ3n) is 2.48. The third-order valence-corrected chi connectivity index (χ3v) is 3.90. The summed E-state index contributed by atoms with van der Waals surface area (Å²) >= 11 is 7.74. The second-order valence-corrected chi connectivity index (χ2v) is 5.18. The van der Waals surface area contributed by atoms with Crippen molar-refractivity contribution in [1.82, 2.24) is 0 Å². The van der Waals surface area contributed by atoms with E-state index in [9.17, 15) is 0 Å². The molecule has 0 amide bonds. The van der Waals surface area contributed by atoms with E-state index in [2.05, 4.69) is 24.3 Å². The van der Waals surface area contributed by atoms with Crippen molar-refractivity contribution in [2.24, 2.45) is 5.73 Å². The van der Waals surface area contributed by atoms with Crippen molar-refractivity contribution < 1.29 is 0 Å². The van der Waals surface area contributed by atoms with Crippen LogP contribution >= 0.6 is 23.4 Å². The average Bonchev–Trinajstić information content (AvgIpc) is 2.38. The zero-order valence-corrected chi connectivity index (χ0v) is 11.0. The first-order chi connectivity index (χ1) is 8.29. The molecule has 88 valence electrons. The molecule has 0 aliphatic carbocycles. The number of thioether (sulfide) groups is 1. The fourth-order valence-corrected chi connectivity index (χ4v) is 2.78. The van der Waals surface area contributed by atoms with E-state index in [4.69, 9.17) is 17.3 Å². The Morgan fingerprint density at radius 2 is 1.82 bits per heavy atom. The van der Waals surface area contributed by atoms with E-state index in [0.29, 0.717) is 6.54 Å². The Labute approximate surface area is 111 Å². The second kappa shape index (κ2) is 6.10. The monoisotopic (exact) mass is 263 g/mol. The van der Waals surface area contributed by atoms with Crippen LogP contribution < -0.4 is 5.73 Å². The van der Waals surface area contributed by atoms with Crippen molar-refractivity contribution in [3.05, 3.63) is 64.7 Å². The predicted octanol–water partition coefficient (Wildman–Crippen LogP) is 4.09. The Balaban J connectivity index is 2.09. The van der Waals surface area contributed by atoms with Gasteiger partial charge in [0.25, 0.3) is 0 Å². The minimum Gasteiger partial charge on any atom is -0.326 e. The first kappa shape index (κ1) is 12.5. The van der Waals surface area contributed by atoms with E-state index in [0.717, 1.165) is 16.3 Å². The molecule has 0 bridgehead atoms. The molecule has 2 N–H and O–H groups in total. The Morgan fingerprint density at radius 3 is 2.53 bits per heavy atom. The molecule has 0 aliphatic heterocycles. The van der Waals surface area contributed by atoms with Gasteiger partial charge in [0.05, 0.1) is 0 Å². The van der Waals surface area contributed by atoms with Gasteiger partial charge in [-0.3, -0.25) is 0 Å². The zero-order chi connectivity index (χ0) is 12.1. The normalized spacial score (nSPS) is 10.5. The van der Waals surface area contributed by atoms with Gasteiger partial charge in [-0.15, -0.1) is 11.8 Å². The lowest BCUT2D eigenvalue weighted by Gasteiger charge is -2.08. The van der Waals surface area contributed by atoms with Gasteiger partial charge in [-0.1, -0.05) is 41.9 Å². The molecule has 3 heteroatoms. The van der Waals surface area contributed by atoms with Crippen LogP contribution in [0.2, 0.25) is 5.02 Å². The van der Waals surface area contributed by atoms with Gasteiger partial charge < -0.3 is 5.73 Å². The molecule has 0 heterocycles. The van der Waals surface area contributed by atoms with Crippen LogP contribution in [0.15, 0.2) is 53.4 Å². The molecule has 0 spiro atoms. The van der Waals surface area contributed by atoms with Crippen LogP contribution in [-0.4, -0.2) is 0 Å².